The number of benzene rings is 1. The van der Waals surface area contributed by atoms with Gasteiger partial charge in [0.1, 0.15) is 0 Å². The second kappa shape index (κ2) is 4.39. The summed E-state index contributed by atoms with van der Waals surface area (Å²) in [5, 5.41) is 0.836. The number of fused-ring (bicyclic) bond motifs is 1. The Morgan fingerprint density at radius 1 is 1.21 bits per heavy atom. The Hall–Kier alpha value is -0.430. The van der Waals surface area contributed by atoms with Gasteiger partial charge in [0, 0.05) is 10.1 Å². The van der Waals surface area contributed by atoms with Crippen molar-refractivity contribution in [2.24, 2.45) is 0 Å². The highest BCUT2D eigenvalue weighted by Gasteiger charge is 2.30. The largest absolute Gasteiger partial charge is 0.122 e. The summed E-state index contributed by atoms with van der Waals surface area (Å²) < 4.78 is 0. The first-order valence-corrected chi connectivity index (χ1v) is 6.50. The fourth-order valence-electron chi connectivity index (χ4n) is 2.37. The van der Waals surface area contributed by atoms with Crippen molar-refractivity contribution in [1.82, 2.24) is 0 Å². The third kappa shape index (κ3) is 1.70. The molecule has 0 saturated heterocycles. The normalized spacial score (nSPS) is 25.0. The van der Waals surface area contributed by atoms with Gasteiger partial charge in [-0.1, -0.05) is 38.5 Å². The van der Waals surface area contributed by atoms with Crippen LogP contribution in [-0.2, 0) is 0 Å². The molecule has 76 valence electrons. The van der Waals surface area contributed by atoms with E-state index in [2.05, 4.69) is 49.9 Å². The van der Waals surface area contributed by atoms with Crippen LogP contribution in [-0.4, -0.2) is 5.25 Å². The fourth-order valence-corrected chi connectivity index (χ4v) is 4.06. The van der Waals surface area contributed by atoms with Crippen molar-refractivity contribution >= 4 is 11.8 Å². The third-order valence-electron chi connectivity index (χ3n) is 3.06. The molecule has 0 aromatic heterocycles. The van der Waals surface area contributed by atoms with E-state index in [-0.39, 0.29) is 0 Å². The second-order valence-electron chi connectivity index (χ2n) is 4.00. The molecule has 1 aliphatic rings. The lowest BCUT2D eigenvalue weighted by Gasteiger charge is -2.16. The Bertz CT molecular complexity index is 306. The van der Waals surface area contributed by atoms with Crippen LogP contribution in [0.3, 0.4) is 0 Å². The van der Waals surface area contributed by atoms with E-state index in [1.807, 2.05) is 0 Å². The molecule has 2 rings (SSSR count). The molecule has 0 N–H and O–H groups in total. The summed E-state index contributed by atoms with van der Waals surface area (Å²) in [4.78, 5) is 1.53. The van der Waals surface area contributed by atoms with Crippen molar-refractivity contribution in [3.05, 3.63) is 29.8 Å². The van der Waals surface area contributed by atoms with Crippen LogP contribution in [0.4, 0.5) is 0 Å². The van der Waals surface area contributed by atoms with Gasteiger partial charge < -0.3 is 0 Å². The zero-order chi connectivity index (χ0) is 9.97. The maximum Gasteiger partial charge on any atom is 0.0163 e. The molecule has 0 fully saturated rings. The molecule has 0 saturated carbocycles. The van der Waals surface area contributed by atoms with Crippen LogP contribution in [0, 0.1) is 0 Å². The van der Waals surface area contributed by atoms with E-state index >= 15 is 0 Å². The first kappa shape index (κ1) is 10.1. The molecule has 0 aliphatic carbocycles. The second-order valence-corrected chi connectivity index (χ2v) is 5.28. The van der Waals surface area contributed by atoms with E-state index in [4.69, 9.17) is 0 Å². The first-order valence-electron chi connectivity index (χ1n) is 5.62. The molecular formula is C13H18S. The molecule has 0 nitrogen and oxygen atoms in total. The minimum atomic E-state index is 0.802. The predicted octanol–water partition coefficient (Wildman–Crippen LogP) is 4.45. The summed E-state index contributed by atoms with van der Waals surface area (Å²) in [6.07, 6.45) is 3.95. The lowest BCUT2D eigenvalue weighted by atomic mass is 9.91. The van der Waals surface area contributed by atoms with Crippen LogP contribution in [0.2, 0.25) is 0 Å². The predicted molar refractivity (Wildman–Crippen MR) is 64.0 cm³/mol. The van der Waals surface area contributed by atoms with E-state index < -0.39 is 0 Å². The third-order valence-corrected chi connectivity index (χ3v) is 4.55. The molecule has 0 amide bonds. The number of hydrogen-bond donors (Lipinski definition) is 0. The van der Waals surface area contributed by atoms with E-state index in [0.717, 1.165) is 11.2 Å². The lowest BCUT2D eigenvalue weighted by Crippen LogP contribution is -2.08. The SMILES string of the molecule is CCCC1Sc2ccccc2C1CC. The van der Waals surface area contributed by atoms with Gasteiger partial charge >= 0.3 is 0 Å². The van der Waals surface area contributed by atoms with Crippen molar-refractivity contribution in [2.45, 2.75) is 49.2 Å². The van der Waals surface area contributed by atoms with Crippen LogP contribution in [0.1, 0.15) is 44.6 Å². The number of rotatable bonds is 3. The van der Waals surface area contributed by atoms with Gasteiger partial charge in [0.25, 0.3) is 0 Å². The van der Waals surface area contributed by atoms with Gasteiger partial charge in [0.2, 0.25) is 0 Å². The summed E-state index contributed by atoms with van der Waals surface area (Å²) in [7, 11) is 0. The van der Waals surface area contributed by atoms with Gasteiger partial charge in [-0.15, -0.1) is 11.8 Å². The van der Waals surface area contributed by atoms with Gasteiger partial charge in [0.15, 0.2) is 0 Å². The van der Waals surface area contributed by atoms with Crippen LogP contribution >= 0.6 is 11.8 Å². The zero-order valence-electron chi connectivity index (χ0n) is 8.99. The van der Waals surface area contributed by atoms with Crippen molar-refractivity contribution in [3.8, 4) is 0 Å². The van der Waals surface area contributed by atoms with Gasteiger partial charge in [0.05, 0.1) is 0 Å². The maximum absolute atomic E-state index is 2.32. The Morgan fingerprint density at radius 2 is 2.00 bits per heavy atom. The first-order chi connectivity index (χ1) is 6.86. The number of thioether (sulfide) groups is 1. The summed E-state index contributed by atoms with van der Waals surface area (Å²) in [5.41, 5.74) is 1.60. The molecule has 0 bridgehead atoms. The Balaban J connectivity index is 2.24. The molecule has 2 unspecified atom stereocenters. The Kier molecular flexibility index (Phi) is 3.17. The van der Waals surface area contributed by atoms with Crippen molar-refractivity contribution in [1.29, 1.82) is 0 Å². The summed E-state index contributed by atoms with van der Waals surface area (Å²) >= 11 is 2.09. The summed E-state index contributed by atoms with van der Waals surface area (Å²) in [6, 6.07) is 8.92. The monoisotopic (exact) mass is 206 g/mol. The molecule has 0 radical (unpaired) electrons. The zero-order valence-corrected chi connectivity index (χ0v) is 9.81. The van der Waals surface area contributed by atoms with Crippen LogP contribution < -0.4 is 0 Å². The standard InChI is InChI=1S/C13H18S/c1-3-7-12-10(4-2)11-8-5-6-9-13(11)14-12/h5-6,8-10,12H,3-4,7H2,1-2H3. The molecule has 14 heavy (non-hydrogen) atoms. The molecule has 1 heteroatoms. The van der Waals surface area contributed by atoms with Crippen molar-refractivity contribution < 1.29 is 0 Å². The van der Waals surface area contributed by atoms with E-state index in [1.165, 1.54) is 24.2 Å². The molecule has 1 aliphatic heterocycles. The Morgan fingerprint density at radius 3 is 2.71 bits per heavy atom. The van der Waals surface area contributed by atoms with E-state index in [1.54, 1.807) is 5.56 Å². The quantitative estimate of drug-likeness (QED) is 0.704. The molecular weight excluding hydrogens is 188 g/mol. The van der Waals surface area contributed by atoms with Gasteiger partial charge in [-0.3, -0.25) is 0 Å². The minimum Gasteiger partial charge on any atom is -0.122 e. The summed E-state index contributed by atoms with van der Waals surface area (Å²) in [6.45, 7) is 4.60. The minimum absolute atomic E-state index is 0.802. The highest BCUT2D eigenvalue weighted by molar-refractivity contribution is 8.00. The maximum atomic E-state index is 2.32. The van der Waals surface area contributed by atoms with E-state index in [9.17, 15) is 0 Å². The average Bonchev–Trinajstić information content (AvgIpc) is 2.55. The molecule has 1 heterocycles. The van der Waals surface area contributed by atoms with Crippen molar-refractivity contribution in [3.63, 3.8) is 0 Å². The van der Waals surface area contributed by atoms with Crippen molar-refractivity contribution in [2.75, 3.05) is 0 Å². The molecule has 1 aromatic rings. The average molecular weight is 206 g/mol. The molecule has 2 atom stereocenters. The molecule has 0 spiro atoms. The van der Waals surface area contributed by atoms with Crippen LogP contribution in [0.5, 0.6) is 0 Å². The van der Waals surface area contributed by atoms with Crippen LogP contribution in [0.15, 0.2) is 29.2 Å². The number of hydrogen-bond acceptors (Lipinski definition) is 1. The topological polar surface area (TPSA) is 0 Å². The highest BCUT2D eigenvalue weighted by atomic mass is 32.2. The summed E-state index contributed by atoms with van der Waals surface area (Å²) in [5.74, 6) is 0.802. The fraction of sp³-hybridized carbons (Fsp3) is 0.538. The van der Waals surface area contributed by atoms with Crippen LogP contribution in [0.25, 0.3) is 0 Å². The van der Waals surface area contributed by atoms with E-state index in [0.29, 0.717) is 0 Å². The Labute approximate surface area is 91.1 Å². The lowest BCUT2D eigenvalue weighted by molar-refractivity contribution is 0.594. The van der Waals surface area contributed by atoms with Gasteiger partial charge in [-0.2, -0.15) is 0 Å². The van der Waals surface area contributed by atoms with Gasteiger partial charge in [-0.05, 0) is 30.4 Å². The molecule has 1 aromatic carbocycles. The smallest absolute Gasteiger partial charge is 0.0163 e. The van der Waals surface area contributed by atoms with Gasteiger partial charge in [-0.25, -0.2) is 0 Å². The highest BCUT2D eigenvalue weighted by Crippen LogP contribution is 2.48.